The highest BCUT2D eigenvalue weighted by Gasteiger charge is 2.36. The first-order valence-electron chi connectivity index (χ1n) is 7.87. The average Bonchev–Trinajstić information content (AvgIpc) is 2.83. The minimum Gasteiger partial charge on any atom is -0.356 e. The molecule has 0 bridgehead atoms. The third kappa shape index (κ3) is 3.28. The molecule has 1 saturated heterocycles. The Morgan fingerprint density at radius 1 is 1.25 bits per heavy atom. The van der Waals surface area contributed by atoms with Gasteiger partial charge in [-0.15, -0.1) is 0 Å². The van der Waals surface area contributed by atoms with E-state index in [1.165, 1.54) is 16.7 Å². The number of benzene rings is 2. The maximum atomic E-state index is 12.4. The summed E-state index contributed by atoms with van der Waals surface area (Å²) >= 11 is 1.35. The molecular formula is C18H19N3O2S. The quantitative estimate of drug-likeness (QED) is 0.930. The van der Waals surface area contributed by atoms with E-state index < -0.39 is 5.25 Å². The number of amides is 2. The van der Waals surface area contributed by atoms with Crippen molar-refractivity contribution in [2.24, 2.45) is 4.99 Å². The first-order chi connectivity index (χ1) is 11.6. The van der Waals surface area contributed by atoms with Crippen LogP contribution in [0.3, 0.4) is 0 Å². The van der Waals surface area contributed by atoms with Crippen molar-refractivity contribution in [3.8, 4) is 0 Å². The molecule has 1 aliphatic rings. The Labute approximate surface area is 145 Å². The zero-order valence-electron chi connectivity index (χ0n) is 13.7. The van der Waals surface area contributed by atoms with Crippen molar-refractivity contribution < 1.29 is 9.59 Å². The Morgan fingerprint density at radius 3 is 2.79 bits per heavy atom. The van der Waals surface area contributed by atoms with Crippen LogP contribution in [0.1, 0.15) is 13.3 Å². The van der Waals surface area contributed by atoms with Gasteiger partial charge in [0.05, 0.1) is 5.69 Å². The summed E-state index contributed by atoms with van der Waals surface area (Å²) in [5.41, 5.74) is 0.828. The predicted molar refractivity (Wildman–Crippen MR) is 98.5 cm³/mol. The number of thioether (sulfide) groups is 1. The van der Waals surface area contributed by atoms with Crippen molar-refractivity contribution in [1.82, 2.24) is 10.2 Å². The summed E-state index contributed by atoms with van der Waals surface area (Å²) in [4.78, 5) is 30.3. The average molecular weight is 341 g/mol. The van der Waals surface area contributed by atoms with Gasteiger partial charge >= 0.3 is 0 Å². The summed E-state index contributed by atoms with van der Waals surface area (Å²) in [6, 6.07) is 13.9. The van der Waals surface area contributed by atoms with E-state index in [-0.39, 0.29) is 18.2 Å². The first kappa shape index (κ1) is 16.5. The number of hydrogen-bond acceptors (Lipinski definition) is 4. The van der Waals surface area contributed by atoms with Gasteiger partial charge in [0.2, 0.25) is 11.8 Å². The van der Waals surface area contributed by atoms with Crippen molar-refractivity contribution in [3.63, 3.8) is 0 Å². The van der Waals surface area contributed by atoms with E-state index in [1.54, 1.807) is 7.05 Å². The van der Waals surface area contributed by atoms with Crippen LogP contribution in [0, 0.1) is 0 Å². The van der Waals surface area contributed by atoms with Gasteiger partial charge in [0.15, 0.2) is 5.17 Å². The van der Waals surface area contributed by atoms with E-state index in [2.05, 4.69) is 10.3 Å². The summed E-state index contributed by atoms with van der Waals surface area (Å²) < 4.78 is 0. The Kier molecular flexibility index (Phi) is 4.85. The van der Waals surface area contributed by atoms with Crippen molar-refractivity contribution in [2.75, 3.05) is 13.6 Å². The number of aliphatic imine (C=N–C) groups is 1. The Morgan fingerprint density at radius 2 is 2.00 bits per heavy atom. The number of nitrogens with one attached hydrogen (secondary N) is 1. The number of carbonyl (C=O) groups excluding carboxylic acids is 2. The van der Waals surface area contributed by atoms with Crippen molar-refractivity contribution in [2.45, 2.75) is 18.6 Å². The van der Waals surface area contributed by atoms with Crippen molar-refractivity contribution in [3.05, 3.63) is 42.5 Å². The monoisotopic (exact) mass is 341 g/mol. The molecule has 1 heterocycles. The maximum absolute atomic E-state index is 12.4. The summed E-state index contributed by atoms with van der Waals surface area (Å²) in [6.45, 7) is 2.43. The Balaban J connectivity index is 1.87. The lowest BCUT2D eigenvalue weighted by Gasteiger charge is -2.09. The molecule has 3 rings (SSSR count). The van der Waals surface area contributed by atoms with E-state index >= 15 is 0 Å². The third-order valence-electron chi connectivity index (χ3n) is 3.87. The van der Waals surface area contributed by atoms with Crippen LogP contribution in [0.25, 0.3) is 10.8 Å². The summed E-state index contributed by atoms with van der Waals surface area (Å²) in [6.07, 6.45) is 0.177. The lowest BCUT2D eigenvalue weighted by atomic mass is 10.1. The highest BCUT2D eigenvalue weighted by molar-refractivity contribution is 8.15. The highest BCUT2D eigenvalue weighted by atomic mass is 32.2. The largest absolute Gasteiger partial charge is 0.356 e. The van der Waals surface area contributed by atoms with E-state index in [1.807, 2.05) is 49.4 Å². The standard InChI is InChI=1S/C18H19N3O2S/c1-3-19-16(22)11-15-17(23)21(2)18(24-15)20-14-10-6-8-12-7-4-5-9-13(12)14/h4-10,15H,3,11H2,1-2H3,(H,19,22)/t15-/m1/s1. The first-order valence-corrected chi connectivity index (χ1v) is 8.75. The molecule has 0 spiro atoms. The molecule has 1 aliphatic heterocycles. The zero-order chi connectivity index (χ0) is 17.1. The molecule has 0 unspecified atom stereocenters. The molecule has 0 saturated carbocycles. The molecule has 0 aliphatic carbocycles. The van der Waals surface area contributed by atoms with Crippen LogP contribution in [-0.4, -0.2) is 40.7 Å². The van der Waals surface area contributed by atoms with Gasteiger partial charge in [0.1, 0.15) is 5.25 Å². The van der Waals surface area contributed by atoms with Crippen molar-refractivity contribution in [1.29, 1.82) is 0 Å². The normalized spacial score (nSPS) is 19.2. The van der Waals surface area contributed by atoms with Crippen LogP contribution in [0.2, 0.25) is 0 Å². The Bertz CT molecular complexity index is 814. The molecule has 1 atom stereocenters. The molecule has 24 heavy (non-hydrogen) atoms. The molecule has 124 valence electrons. The number of amidine groups is 1. The van der Waals surface area contributed by atoms with Gasteiger partial charge in [-0.2, -0.15) is 0 Å². The molecular weight excluding hydrogens is 322 g/mol. The minimum atomic E-state index is -0.407. The fourth-order valence-electron chi connectivity index (χ4n) is 2.64. The smallest absolute Gasteiger partial charge is 0.242 e. The number of nitrogens with zero attached hydrogens (tertiary/aromatic N) is 2. The summed E-state index contributed by atoms with van der Waals surface area (Å²) in [7, 11) is 1.71. The van der Waals surface area contributed by atoms with Crippen LogP contribution in [0.5, 0.6) is 0 Å². The zero-order valence-corrected chi connectivity index (χ0v) is 14.5. The van der Waals surface area contributed by atoms with Gasteiger partial charge in [-0.3, -0.25) is 14.5 Å². The van der Waals surface area contributed by atoms with Crippen LogP contribution in [0.4, 0.5) is 5.69 Å². The van der Waals surface area contributed by atoms with Gasteiger partial charge in [0.25, 0.3) is 0 Å². The van der Waals surface area contributed by atoms with Crippen LogP contribution in [0.15, 0.2) is 47.5 Å². The lowest BCUT2D eigenvalue weighted by Crippen LogP contribution is -2.32. The second-order valence-corrected chi connectivity index (χ2v) is 6.72. The van der Waals surface area contributed by atoms with E-state index in [9.17, 15) is 9.59 Å². The maximum Gasteiger partial charge on any atom is 0.242 e. The summed E-state index contributed by atoms with van der Waals surface area (Å²) in [5, 5.41) is 5.11. The van der Waals surface area contributed by atoms with Crippen molar-refractivity contribution >= 4 is 45.2 Å². The molecule has 1 fully saturated rings. The second kappa shape index (κ2) is 7.05. The molecule has 2 aromatic rings. The van der Waals surface area contributed by atoms with Crippen LogP contribution >= 0.6 is 11.8 Å². The lowest BCUT2D eigenvalue weighted by molar-refractivity contribution is -0.128. The van der Waals surface area contributed by atoms with Gasteiger partial charge < -0.3 is 5.32 Å². The van der Waals surface area contributed by atoms with Crippen LogP contribution in [-0.2, 0) is 9.59 Å². The number of fused-ring (bicyclic) bond motifs is 1. The molecule has 2 aromatic carbocycles. The summed E-state index contributed by atoms with van der Waals surface area (Å²) in [5.74, 6) is -0.187. The Hall–Kier alpha value is -2.34. The molecule has 0 aromatic heterocycles. The predicted octanol–water partition coefficient (Wildman–Crippen LogP) is 2.93. The van der Waals surface area contributed by atoms with Gasteiger partial charge in [-0.25, -0.2) is 4.99 Å². The molecule has 0 radical (unpaired) electrons. The number of rotatable bonds is 4. The fraction of sp³-hybridized carbons (Fsp3) is 0.278. The highest BCUT2D eigenvalue weighted by Crippen LogP contribution is 2.33. The SMILES string of the molecule is CCNC(=O)C[C@H]1SC(=Nc2cccc3ccccc23)N(C)C1=O. The van der Waals surface area contributed by atoms with E-state index in [0.717, 1.165) is 16.5 Å². The van der Waals surface area contributed by atoms with Gasteiger partial charge in [-0.1, -0.05) is 48.2 Å². The minimum absolute atomic E-state index is 0.0785. The number of carbonyl (C=O) groups is 2. The topological polar surface area (TPSA) is 61.8 Å². The number of hydrogen-bond donors (Lipinski definition) is 1. The molecule has 5 nitrogen and oxygen atoms in total. The van der Waals surface area contributed by atoms with Gasteiger partial charge in [0, 0.05) is 25.4 Å². The second-order valence-electron chi connectivity index (χ2n) is 5.55. The van der Waals surface area contributed by atoms with Crippen LogP contribution < -0.4 is 5.32 Å². The molecule has 2 amide bonds. The third-order valence-corrected chi connectivity index (χ3v) is 5.10. The molecule has 1 N–H and O–H groups in total. The fourth-order valence-corrected chi connectivity index (χ4v) is 3.79. The molecule has 6 heteroatoms. The van der Waals surface area contributed by atoms with E-state index in [4.69, 9.17) is 0 Å². The van der Waals surface area contributed by atoms with Gasteiger partial charge in [-0.05, 0) is 18.4 Å². The van der Waals surface area contributed by atoms with E-state index in [0.29, 0.717) is 11.7 Å².